The molecular weight excluding hydrogens is 350 g/mol. The topological polar surface area (TPSA) is 108 Å². The van der Waals surface area contributed by atoms with Crippen molar-refractivity contribution in [3.8, 4) is 5.75 Å². The molecule has 1 aromatic carbocycles. The van der Waals surface area contributed by atoms with Gasteiger partial charge in [0.05, 0.1) is 12.0 Å². The maximum Gasteiger partial charge on any atom is 0.343 e. The molecule has 1 aromatic rings. The quantitative estimate of drug-likeness (QED) is 0.440. The molecule has 0 radical (unpaired) electrons. The van der Waals surface area contributed by atoms with E-state index in [4.69, 9.17) is 10.5 Å². The summed E-state index contributed by atoms with van der Waals surface area (Å²) in [5.74, 6) is 0.0526. The van der Waals surface area contributed by atoms with Crippen LogP contribution in [-0.2, 0) is 16.1 Å². The number of piperidine rings is 1. The van der Waals surface area contributed by atoms with E-state index in [2.05, 4.69) is 9.64 Å². The van der Waals surface area contributed by atoms with Gasteiger partial charge in [-0.05, 0) is 50.0 Å². The summed E-state index contributed by atoms with van der Waals surface area (Å²) in [6.07, 6.45) is 2.11. The second-order valence-corrected chi connectivity index (χ2v) is 5.88. The van der Waals surface area contributed by atoms with Gasteiger partial charge in [-0.15, -0.1) is 12.4 Å². The molecule has 0 bridgehead atoms. The Hall–Kier alpha value is -1.90. The summed E-state index contributed by atoms with van der Waals surface area (Å²) in [5, 5.41) is 11.2. The number of esters is 1. The highest BCUT2D eigenvalue weighted by molar-refractivity contribution is 5.85. The number of nitro groups is 1. The Kier molecular flexibility index (Phi) is 8.60. The molecule has 1 heterocycles. The third kappa shape index (κ3) is 6.15. The first kappa shape index (κ1) is 21.1. The van der Waals surface area contributed by atoms with Crippen LogP contribution in [0, 0.1) is 16.0 Å². The van der Waals surface area contributed by atoms with Gasteiger partial charge < -0.3 is 15.2 Å². The standard InChI is InChI=1S/C16H23N3O5.ClH/c1-23-16(20)11-24-15-3-2-13(8-14(15)19(21)22)10-18-6-4-12(9-17)5-7-18;/h2-3,8,12H,4-7,9-11,17H2,1H3;1H. The molecule has 0 unspecified atom stereocenters. The first-order valence-corrected chi connectivity index (χ1v) is 7.92. The molecule has 0 spiro atoms. The SMILES string of the molecule is COC(=O)COc1ccc(CN2CCC(CN)CC2)cc1[N+](=O)[O-].Cl. The van der Waals surface area contributed by atoms with Crippen molar-refractivity contribution in [3.05, 3.63) is 33.9 Å². The van der Waals surface area contributed by atoms with Gasteiger partial charge in [0.25, 0.3) is 0 Å². The molecule has 1 aliphatic rings. The highest BCUT2D eigenvalue weighted by atomic mass is 35.5. The lowest BCUT2D eigenvalue weighted by Crippen LogP contribution is -2.35. The number of benzene rings is 1. The van der Waals surface area contributed by atoms with Crippen LogP contribution < -0.4 is 10.5 Å². The third-order valence-corrected chi connectivity index (χ3v) is 4.24. The lowest BCUT2D eigenvalue weighted by Gasteiger charge is -2.31. The molecule has 1 saturated heterocycles. The Labute approximate surface area is 152 Å². The number of nitro benzene ring substituents is 1. The number of carbonyl (C=O) groups is 1. The first-order valence-electron chi connectivity index (χ1n) is 7.92. The Balaban J connectivity index is 0.00000312. The van der Waals surface area contributed by atoms with Crippen LogP contribution >= 0.6 is 12.4 Å². The highest BCUT2D eigenvalue weighted by Gasteiger charge is 2.21. The van der Waals surface area contributed by atoms with Crippen LogP contribution in [0.4, 0.5) is 5.69 Å². The molecule has 0 saturated carbocycles. The second kappa shape index (κ2) is 10.2. The third-order valence-electron chi connectivity index (χ3n) is 4.24. The summed E-state index contributed by atoms with van der Waals surface area (Å²) >= 11 is 0. The van der Waals surface area contributed by atoms with Crippen LogP contribution in [-0.4, -0.2) is 49.1 Å². The molecule has 1 fully saturated rings. The Morgan fingerprint density at radius 3 is 2.64 bits per heavy atom. The van der Waals surface area contributed by atoms with Gasteiger partial charge in [-0.25, -0.2) is 4.79 Å². The van der Waals surface area contributed by atoms with Crippen molar-refractivity contribution in [2.24, 2.45) is 11.7 Å². The fourth-order valence-electron chi connectivity index (χ4n) is 2.76. The van der Waals surface area contributed by atoms with Crippen LogP contribution in [0.5, 0.6) is 5.75 Å². The minimum absolute atomic E-state index is 0. The molecule has 25 heavy (non-hydrogen) atoms. The van der Waals surface area contributed by atoms with Crippen LogP contribution in [0.15, 0.2) is 18.2 Å². The van der Waals surface area contributed by atoms with Gasteiger partial charge in [0, 0.05) is 12.6 Å². The predicted octanol–water partition coefficient (Wildman–Crippen LogP) is 1.74. The zero-order valence-electron chi connectivity index (χ0n) is 14.2. The van der Waals surface area contributed by atoms with E-state index in [9.17, 15) is 14.9 Å². The lowest BCUT2D eigenvalue weighted by molar-refractivity contribution is -0.385. The summed E-state index contributed by atoms with van der Waals surface area (Å²) in [5.41, 5.74) is 6.39. The Morgan fingerprint density at radius 1 is 1.40 bits per heavy atom. The summed E-state index contributed by atoms with van der Waals surface area (Å²) in [6, 6.07) is 4.82. The van der Waals surface area contributed by atoms with E-state index in [0.717, 1.165) is 31.5 Å². The van der Waals surface area contributed by atoms with Crippen LogP contribution in [0.3, 0.4) is 0 Å². The van der Waals surface area contributed by atoms with Crippen LogP contribution in [0.1, 0.15) is 18.4 Å². The van der Waals surface area contributed by atoms with E-state index in [1.165, 1.54) is 19.2 Å². The van der Waals surface area contributed by atoms with Gasteiger partial charge in [-0.1, -0.05) is 6.07 Å². The number of nitrogens with zero attached hydrogens (tertiary/aromatic N) is 2. The van der Waals surface area contributed by atoms with Gasteiger partial charge in [0.2, 0.25) is 0 Å². The summed E-state index contributed by atoms with van der Waals surface area (Å²) < 4.78 is 9.65. The summed E-state index contributed by atoms with van der Waals surface area (Å²) in [7, 11) is 1.23. The van der Waals surface area contributed by atoms with E-state index in [1.54, 1.807) is 6.07 Å². The van der Waals surface area contributed by atoms with E-state index in [-0.39, 0.29) is 30.5 Å². The molecule has 140 valence electrons. The largest absolute Gasteiger partial charge is 0.475 e. The fourth-order valence-corrected chi connectivity index (χ4v) is 2.76. The van der Waals surface area contributed by atoms with Crippen molar-refractivity contribution < 1.29 is 19.2 Å². The van der Waals surface area contributed by atoms with Gasteiger partial charge in [-0.2, -0.15) is 0 Å². The number of ether oxygens (including phenoxy) is 2. The monoisotopic (exact) mass is 373 g/mol. The Bertz CT molecular complexity index is 591. The van der Waals surface area contributed by atoms with Gasteiger partial charge >= 0.3 is 11.7 Å². The van der Waals surface area contributed by atoms with Crippen molar-refractivity contribution in [1.82, 2.24) is 4.90 Å². The summed E-state index contributed by atoms with van der Waals surface area (Å²) in [4.78, 5) is 24.1. The molecule has 0 amide bonds. The van der Waals surface area contributed by atoms with Crippen LogP contribution in [0.2, 0.25) is 0 Å². The molecular formula is C16H24ClN3O5. The predicted molar refractivity (Wildman–Crippen MR) is 94.9 cm³/mol. The average molecular weight is 374 g/mol. The maximum atomic E-state index is 11.2. The normalized spacial score (nSPS) is 15.3. The van der Waals surface area contributed by atoms with Crippen molar-refractivity contribution in [3.63, 3.8) is 0 Å². The number of halogens is 1. The number of carbonyl (C=O) groups excluding carboxylic acids is 1. The lowest BCUT2D eigenvalue weighted by atomic mass is 9.97. The number of hydrogen-bond acceptors (Lipinski definition) is 7. The van der Waals surface area contributed by atoms with E-state index >= 15 is 0 Å². The minimum atomic E-state index is -0.587. The zero-order valence-corrected chi connectivity index (χ0v) is 15.0. The maximum absolute atomic E-state index is 11.2. The minimum Gasteiger partial charge on any atom is -0.475 e. The first-order chi connectivity index (χ1) is 11.5. The average Bonchev–Trinajstić information content (AvgIpc) is 2.60. The molecule has 8 nitrogen and oxygen atoms in total. The number of hydrogen-bond donors (Lipinski definition) is 1. The van der Waals surface area contributed by atoms with Crippen molar-refractivity contribution in [2.75, 3.05) is 33.4 Å². The highest BCUT2D eigenvalue weighted by Crippen LogP contribution is 2.29. The zero-order chi connectivity index (χ0) is 17.5. The molecule has 2 rings (SSSR count). The van der Waals surface area contributed by atoms with Gasteiger partial charge in [0.15, 0.2) is 12.4 Å². The summed E-state index contributed by atoms with van der Waals surface area (Å²) in [6.45, 7) is 2.89. The van der Waals surface area contributed by atoms with Gasteiger partial charge in [0.1, 0.15) is 0 Å². The second-order valence-electron chi connectivity index (χ2n) is 5.88. The van der Waals surface area contributed by atoms with Crippen molar-refractivity contribution in [2.45, 2.75) is 19.4 Å². The number of rotatable bonds is 7. The number of nitrogens with two attached hydrogens (primary N) is 1. The van der Waals surface area contributed by atoms with E-state index in [1.807, 2.05) is 0 Å². The van der Waals surface area contributed by atoms with Gasteiger partial charge in [-0.3, -0.25) is 15.0 Å². The molecule has 9 heteroatoms. The number of methoxy groups -OCH3 is 1. The molecule has 2 N–H and O–H groups in total. The smallest absolute Gasteiger partial charge is 0.343 e. The molecule has 0 aromatic heterocycles. The van der Waals surface area contributed by atoms with Crippen molar-refractivity contribution >= 4 is 24.1 Å². The molecule has 0 atom stereocenters. The van der Waals surface area contributed by atoms with E-state index < -0.39 is 10.9 Å². The number of likely N-dealkylation sites (tertiary alicyclic amines) is 1. The molecule has 1 aliphatic heterocycles. The molecule has 0 aliphatic carbocycles. The fraction of sp³-hybridized carbons (Fsp3) is 0.562. The van der Waals surface area contributed by atoms with Crippen molar-refractivity contribution in [1.29, 1.82) is 0 Å². The van der Waals surface area contributed by atoms with Crippen LogP contribution in [0.25, 0.3) is 0 Å². The Morgan fingerprint density at radius 2 is 2.08 bits per heavy atom. The van der Waals surface area contributed by atoms with E-state index in [0.29, 0.717) is 19.0 Å².